The predicted molar refractivity (Wildman–Crippen MR) is 76.6 cm³/mol. The molecule has 1 saturated heterocycles. The molecule has 1 unspecified atom stereocenters. The highest BCUT2D eigenvalue weighted by Gasteiger charge is 2.27. The number of anilines is 1. The molecule has 1 amide bonds. The summed E-state index contributed by atoms with van der Waals surface area (Å²) in [6.07, 6.45) is 1.17. The summed E-state index contributed by atoms with van der Waals surface area (Å²) in [6, 6.07) is 4.73. The van der Waals surface area contributed by atoms with Crippen molar-refractivity contribution in [3.63, 3.8) is 0 Å². The predicted octanol–water partition coefficient (Wildman–Crippen LogP) is 2.09. The minimum atomic E-state index is -0.821. The number of likely N-dealkylation sites (tertiary alicyclic amines) is 1. The SMILES string of the molecule is CC(OC(=O)c1cccc(N)c1Cl)C(=O)N1CCCC1. The third kappa shape index (κ3) is 3.04. The Labute approximate surface area is 122 Å². The van der Waals surface area contributed by atoms with E-state index in [0.29, 0.717) is 5.69 Å². The molecule has 1 aromatic rings. The van der Waals surface area contributed by atoms with E-state index in [1.54, 1.807) is 24.0 Å². The number of nitrogens with two attached hydrogens (primary N) is 1. The Morgan fingerprint density at radius 3 is 2.65 bits per heavy atom. The Bertz CT molecular complexity index is 527. The molecule has 1 fully saturated rings. The quantitative estimate of drug-likeness (QED) is 0.685. The van der Waals surface area contributed by atoms with Crippen molar-refractivity contribution in [2.45, 2.75) is 25.9 Å². The molecule has 1 aliphatic heterocycles. The Hall–Kier alpha value is -1.75. The molecule has 0 spiro atoms. The summed E-state index contributed by atoms with van der Waals surface area (Å²) >= 11 is 5.96. The first-order chi connectivity index (χ1) is 9.50. The van der Waals surface area contributed by atoms with Crippen LogP contribution < -0.4 is 5.73 Å². The Morgan fingerprint density at radius 1 is 1.35 bits per heavy atom. The number of hydrogen-bond donors (Lipinski definition) is 1. The molecule has 1 heterocycles. The molecule has 0 saturated carbocycles. The fourth-order valence-corrected chi connectivity index (χ4v) is 2.38. The molecule has 20 heavy (non-hydrogen) atoms. The number of carbonyl (C=O) groups excluding carboxylic acids is 2. The maximum Gasteiger partial charge on any atom is 0.340 e. The number of benzene rings is 1. The second-order valence-electron chi connectivity index (χ2n) is 4.79. The van der Waals surface area contributed by atoms with Crippen LogP contribution in [0.2, 0.25) is 5.02 Å². The molecule has 1 atom stereocenters. The zero-order chi connectivity index (χ0) is 14.7. The molecule has 2 rings (SSSR count). The van der Waals surface area contributed by atoms with Gasteiger partial charge in [-0.15, -0.1) is 0 Å². The second kappa shape index (κ2) is 6.13. The molecule has 5 nitrogen and oxygen atoms in total. The fraction of sp³-hybridized carbons (Fsp3) is 0.429. The number of rotatable bonds is 3. The van der Waals surface area contributed by atoms with E-state index in [0.717, 1.165) is 25.9 Å². The van der Waals surface area contributed by atoms with Gasteiger partial charge in [0.05, 0.1) is 16.3 Å². The van der Waals surface area contributed by atoms with Crippen LogP contribution in [-0.4, -0.2) is 36.0 Å². The Balaban J connectivity index is 2.03. The van der Waals surface area contributed by atoms with Crippen molar-refractivity contribution in [1.29, 1.82) is 0 Å². The number of amides is 1. The van der Waals surface area contributed by atoms with E-state index in [4.69, 9.17) is 22.1 Å². The van der Waals surface area contributed by atoms with Crippen LogP contribution in [0.3, 0.4) is 0 Å². The van der Waals surface area contributed by atoms with Crippen LogP contribution in [0.5, 0.6) is 0 Å². The molecular formula is C14H17ClN2O3. The van der Waals surface area contributed by atoms with Crippen LogP contribution in [-0.2, 0) is 9.53 Å². The summed E-state index contributed by atoms with van der Waals surface area (Å²) in [5.41, 5.74) is 6.11. The van der Waals surface area contributed by atoms with E-state index in [9.17, 15) is 9.59 Å². The number of esters is 1. The van der Waals surface area contributed by atoms with Crippen molar-refractivity contribution < 1.29 is 14.3 Å². The molecule has 0 bridgehead atoms. The van der Waals surface area contributed by atoms with E-state index in [1.165, 1.54) is 6.07 Å². The number of nitrogens with zero attached hydrogens (tertiary/aromatic N) is 1. The summed E-state index contributed by atoms with van der Waals surface area (Å²) in [5.74, 6) is -0.807. The van der Waals surface area contributed by atoms with Crippen molar-refractivity contribution in [3.05, 3.63) is 28.8 Å². The van der Waals surface area contributed by atoms with Crippen LogP contribution in [0.1, 0.15) is 30.1 Å². The summed E-state index contributed by atoms with van der Waals surface area (Å²) in [7, 11) is 0. The van der Waals surface area contributed by atoms with E-state index >= 15 is 0 Å². The zero-order valence-electron chi connectivity index (χ0n) is 11.3. The van der Waals surface area contributed by atoms with Gasteiger partial charge in [0.15, 0.2) is 6.10 Å². The maximum atomic E-state index is 12.1. The number of nitrogen functional groups attached to an aromatic ring is 1. The molecule has 108 valence electrons. The lowest BCUT2D eigenvalue weighted by Gasteiger charge is -2.20. The second-order valence-corrected chi connectivity index (χ2v) is 5.17. The monoisotopic (exact) mass is 296 g/mol. The highest BCUT2D eigenvalue weighted by Crippen LogP contribution is 2.24. The van der Waals surface area contributed by atoms with Crippen LogP contribution in [0.15, 0.2) is 18.2 Å². The number of ether oxygens (including phenoxy) is 1. The summed E-state index contributed by atoms with van der Waals surface area (Å²) in [5, 5.41) is 0.151. The molecule has 0 aromatic heterocycles. The number of carbonyl (C=O) groups is 2. The van der Waals surface area contributed by atoms with Gasteiger partial charge in [-0.3, -0.25) is 4.79 Å². The van der Waals surface area contributed by atoms with Gasteiger partial charge in [0, 0.05) is 13.1 Å². The molecule has 2 N–H and O–H groups in total. The standard InChI is InChI=1S/C14H17ClN2O3/c1-9(13(18)17-7-2-3-8-17)20-14(19)10-5-4-6-11(16)12(10)15/h4-6,9H,2-3,7-8,16H2,1H3. The van der Waals surface area contributed by atoms with E-state index in [2.05, 4.69) is 0 Å². The molecule has 0 aliphatic carbocycles. The van der Waals surface area contributed by atoms with Gasteiger partial charge < -0.3 is 15.4 Å². The Kier molecular flexibility index (Phi) is 4.49. The van der Waals surface area contributed by atoms with Gasteiger partial charge in [-0.1, -0.05) is 17.7 Å². The maximum absolute atomic E-state index is 12.1. The molecule has 0 radical (unpaired) electrons. The zero-order valence-corrected chi connectivity index (χ0v) is 12.0. The van der Waals surface area contributed by atoms with E-state index < -0.39 is 12.1 Å². The van der Waals surface area contributed by atoms with E-state index in [-0.39, 0.29) is 16.5 Å². The smallest absolute Gasteiger partial charge is 0.340 e. The highest BCUT2D eigenvalue weighted by atomic mass is 35.5. The summed E-state index contributed by atoms with van der Waals surface area (Å²) in [4.78, 5) is 25.8. The minimum Gasteiger partial charge on any atom is -0.449 e. The molecule has 6 heteroatoms. The lowest BCUT2D eigenvalue weighted by Crippen LogP contribution is -2.38. The van der Waals surface area contributed by atoms with Gasteiger partial charge in [0.25, 0.3) is 5.91 Å². The Morgan fingerprint density at radius 2 is 2.00 bits per heavy atom. The van der Waals surface area contributed by atoms with Crippen LogP contribution in [0, 0.1) is 0 Å². The third-order valence-electron chi connectivity index (χ3n) is 3.30. The largest absolute Gasteiger partial charge is 0.449 e. The normalized spacial score (nSPS) is 16.0. The fourth-order valence-electron chi connectivity index (χ4n) is 2.18. The highest BCUT2D eigenvalue weighted by molar-refractivity contribution is 6.36. The summed E-state index contributed by atoms with van der Waals surface area (Å²) in [6.45, 7) is 3.01. The van der Waals surface area contributed by atoms with Crippen LogP contribution in [0.4, 0.5) is 5.69 Å². The lowest BCUT2D eigenvalue weighted by molar-refractivity contribution is -0.138. The van der Waals surface area contributed by atoms with Crippen molar-refractivity contribution in [1.82, 2.24) is 4.90 Å². The molecule has 1 aliphatic rings. The first-order valence-electron chi connectivity index (χ1n) is 6.54. The molecule has 1 aromatic carbocycles. The average molecular weight is 297 g/mol. The van der Waals surface area contributed by atoms with Gasteiger partial charge in [-0.2, -0.15) is 0 Å². The van der Waals surface area contributed by atoms with Crippen molar-refractivity contribution in [2.75, 3.05) is 18.8 Å². The first kappa shape index (κ1) is 14.7. The van der Waals surface area contributed by atoms with Gasteiger partial charge in [-0.25, -0.2) is 4.79 Å². The lowest BCUT2D eigenvalue weighted by atomic mass is 10.2. The topological polar surface area (TPSA) is 72.6 Å². The van der Waals surface area contributed by atoms with Gasteiger partial charge in [0.2, 0.25) is 0 Å². The van der Waals surface area contributed by atoms with Crippen molar-refractivity contribution in [3.8, 4) is 0 Å². The van der Waals surface area contributed by atoms with E-state index in [1.807, 2.05) is 0 Å². The summed E-state index contributed by atoms with van der Waals surface area (Å²) < 4.78 is 5.18. The van der Waals surface area contributed by atoms with Crippen molar-refractivity contribution >= 4 is 29.2 Å². The number of halogens is 1. The van der Waals surface area contributed by atoms with Gasteiger partial charge >= 0.3 is 5.97 Å². The van der Waals surface area contributed by atoms with Crippen molar-refractivity contribution in [2.24, 2.45) is 0 Å². The minimum absolute atomic E-state index is 0.151. The van der Waals surface area contributed by atoms with Crippen LogP contribution >= 0.6 is 11.6 Å². The van der Waals surface area contributed by atoms with Crippen LogP contribution in [0.25, 0.3) is 0 Å². The first-order valence-corrected chi connectivity index (χ1v) is 6.92. The van der Waals surface area contributed by atoms with Gasteiger partial charge in [-0.05, 0) is 31.9 Å². The third-order valence-corrected chi connectivity index (χ3v) is 3.72. The van der Waals surface area contributed by atoms with Gasteiger partial charge in [0.1, 0.15) is 0 Å². The number of hydrogen-bond acceptors (Lipinski definition) is 4. The molecular weight excluding hydrogens is 280 g/mol. The average Bonchev–Trinajstić information content (AvgIpc) is 2.94.